The molecule has 0 amide bonds. The Kier molecular flexibility index (Phi) is 5.01. The molecule has 0 aliphatic carbocycles. The Morgan fingerprint density at radius 1 is 0.833 bits per heavy atom. The van der Waals surface area contributed by atoms with Crippen molar-refractivity contribution < 1.29 is 41.4 Å². The number of benzene rings is 2. The number of alkyl halides is 4. The number of nitrogens with zero attached hydrogens (tertiary/aromatic N) is 1. The fourth-order valence-electron chi connectivity index (χ4n) is 2.57. The number of rotatable bonds is 3. The summed E-state index contributed by atoms with van der Waals surface area (Å²) in [5.74, 6) is -0.657. The number of ether oxygens (including phenoxy) is 4. The standard InChI is InChI=1S/C8H6F2N2O4.C8H8F2N2O2/c1-11-4-2-6-7(3-5(4)12(13)14)16-8(9,10)15-6;1-12-5-3-7-6(2-4(5)11)13-8(9,10)14-7/h2-3,11H,1H3;2-3,12H,11H2,1H3. The third-order valence-corrected chi connectivity index (χ3v) is 3.83. The molecule has 0 aromatic heterocycles. The molecular weight excluding hydrogens is 420 g/mol. The van der Waals surface area contributed by atoms with E-state index in [4.69, 9.17) is 5.73 Å². The molecule has 4 rings (SSSR count). The van der Waals surface area contributed by atoms with Gasteiger partial charge >= 0.3 is 12.6 Å². The maximum Gasteiger partial charge on any atom is 0.586 e. The summed E-state index contributed by atoms with van der Waals surface area (Å²) in [6.07, 6.45) is -7.37. The zero-order valence-corrected chi connectivity index (χ0v) is 15.3. The molecule has 162 valence electrons. The zero-order valence-electron chi connectivity index (χ0n) is 15.3. The van der Waals surface area contributed by atoms with Crippen molar-refractivity contribution in [2.24, 2.45) is 0 Å². The molecule has 0 radical (unpaired) electrons. The molecule has 0 spiro atoms. The van der Waals surface area contributed by atoms with E-state index in [0.717, 1.165) is 12.1 Å². The van der Waals surface area contributed by atoms with Crippen molar-refractivity contribution in [3.05, 3.63) is 34.4 Å². The lowest BCUT2D eigenvalue weighted by atomic mass is 10.2. The number of fused-ring (bicyclic) bond motifs is 2. The van der Waals surface area contributed by atoms with E-state index in [9.17, 15) is 27.7 Å². The number of anilines is 3. The van der Waals surface area contributed by atoms with Crippen LogP contribution in [-0.2, 0) is 0 Å². The summed E-state index contributed by atoms with van der Waals surface area (Å²) < 4.78 is 67.2. The van der Waals surface area contributed by atoms with E-state index in [-0.39, 0.29) is 34.4 Å². The summed E-state index contributed by atoms with van der Waals surface area (Å²) in [6.45, 7) is 0. The van der Waals surface area contributed by atoms with Crippen LogP contribution in [0.15, 0.2) is 24.3 Å². The molecule has 0 saturated carbocycles. The van der Waals surface area contributed by atoms with Gasteiger partial charge in [-0.15, -0.1) is 17.6 Å². The normalized spacial score (nSPS) is 16.3. The number of nitrogens with one attached hydrogen (secondary N) is 2. The van der Waals surface area contributed by atoms with E-state index in [0.29, 0.717) is 11.4 Å². The third kappa shape index (κ3) is 4.11. The minimum absolute atomic E-state index is 0.0199. The molecule has 2 aliphatic heterocycles. The van der Waals surface area contributed by atoms with Crippen LogP contribution >= 0.6 is 0 Å². The Labute approximate surface area is 165 Å². The minimum Gasteiger partial charge on any atom is -0.397 e. The van der Waals surface area contributed by atoms with Gasteiger partial charge in [0.25, 0.3) is 5.69 Å². The number of nitro benzene ring substituents is 1. The van der Waals surface area contributed by atoms with Crippen LogP contribution in [0.25, 0.3) is 0 Å². The van der Waals surface area contributed by atoms with Crippen LogP contribution in [0.4, 0.5) is 40.3 Å². The van der Waals surface area contributed by atoms with Gasteiger partial charge in [-0.3, -0.25) is 10.1 Å². The molecule has 2 aromatic rings. The first-order valence-corrected chi connectivity index (χ1v) is 8.08. The molecule has 10 nitrogen and oxygen atoms in total. The Balaban J connectivity index is 0.000000172. The van der Waals surface area contributed by atoms with Gasteiger partial charge in [-0.1, -0.05) is 0 Å². The van der Waals surface area contributed by atoms with Crippen LogP contribution in [0, 0.1) is 10.1 Å². The van der Waals surface area contributed by atoms with Gasteiger partial charge in [0, 0.05) is 32.3 Å². The summed E-state index contributed by atoms with van der Waals surface area (Å²) in [7, 11) is 3.06. The number of nitrogen functional groups attached to an aromatic ring is 1. The first kappa shape index (κ1) is 20.9. The smallest absolute Gasteiger partial charge is 0.397 e. The highest BCUT2D eigenvalue weighted by molar-refractivity contribution is 5.72. The van der Waals surface area contributed by atoms with Gasteiger partial charge in [0.15, 0.2) is 23.0 Å². The number of halogens is 4. The fourth-order valence-corrected chi connectivity index (χ4v) is 2.57. The van der Waals surface area contributed by atoms with Crippen LogP contribution in [0.3, 0.4) is 0 Å². The van der Waals surface area contributed by atoms with Crippen molar-refractivity contribution in [3.8, 4) is 23.0 Å². The Hall–Kier alpha value is -3.84. The molecular formula is C16H14F4N4O6. The highest BCUT2D eigenvalue weighted by Gasteiger charge is 2.45. The van der Waals surface area contributed by atoms with Crippen LogP contribution in [0.2, 0.25) is 0 Å². The largest absolute Gasteiger partial charge is 0.586 e. The second kappa shape index (κ2) is 7.20. The van der Waals surface area contributed by atoms with Gasteiger partial charge in [-0.2, -0.15) is 0 Å². The minimum atomic E-state index is -3.78. The molecule has 0 bridgehead atoms. The lowest BCUT2D eigenvalue weighted by molar-refractivity contribution is -0.384. The Bertz CT molecular complexity index is 1000. The second-order valence-electron chi connectivity index (χ2n) is 5.79. The van der Waals surface area contributed by atoms with E-state index in [2.05, 4.69) is 29.6 Å². The SMILES string of the molecule is CNc1cc2c(cc1N)OC(F)(F)O2.CNc1cc2c(cc1[N+](=O)[O-])OC(F)(F)O2. The second-order valence-corrected chi connectivity index (χ2v) is 5.79. The molecule has 0 atom stereocenters. The van der Waals surface area contributed by atoms with Gasteiger partial charge in [-0.05, 0) is 0 Å². The van der Waals surface area contributed by atoms with Crippen molar-refractivity contribution in [2.75, 3.05) is 30.5 Å². The molecule has 2 heterocycles. The van der Waals surface area contributed by atoms with E-state index < -0.39 is 17.5 Å². The van der Waals surface area contributed by atoms with Gasteiger partial charge in [-0.25, -0.2) is 0 Å². The molecule has 4 N–H and O–H groups in total. The van der Waals surface area contributed by atoms with Crippen molar-refractivity contribution in [1.29, 1.82) is 0 Å². The van der Waals surface area contributed by atoms with E-state index >= 15 is 0 Å². The molecule has 2 aromatic carbocycles. The van der Waals surface area contributed by atoms with Gasteiger partial charge < -0.3 is 35.3 Å². The molecule has 2 aliphatic rings. The van der Waals surface area contributed by atoms with Gasteiger partial charge in [0.1, 0.15) is 5.69 Å². The highest BCUT2D eigenvalue weighted by Crippen LogP contribution is 2.46. The molecule has 14 heteroatoms. The predicted molar refractivity (Wildman–Crippen MR) is 95.5 cm³/mol. The Morgan fingerprint density at radius 2 is 1.23 bits per heavy atom. The Morgan fingerprint density at radius 3 is 1.67 bits per heavy atom. The van der Waals surface area contributed by atoms with Crippen LogP contribution in [0.1, 0.15) is 0 Å². The third-order valence-electron chi connectivity index (χ3n) is 3.83. The predicted octanol–water partition coefficient (Wildman–Crippen LogP) is 3.59. The number of hydrogen-bond acceptors (Lipinski definition) is 9. The lowest BCUT2D eigenvalue weighted by Gasteiger charge is -2.04. The topological polar surface area (TPSA) is 130 Å². The maximum absolute atomic E-state index is 12.7. The fraction of sp³-hybridized carbons (Fsp3) is 0.250. The monoisotopic (exact) mass is 434 g/mol. The summed E-state index contributed by atoms with van der Waals surface area (Å²) in [6, 6.07) is 4.64. The van der Waals surface area contributed by atoms with Crippen molar-refractivity contribution >= 4 is 22.7 Å². The molecule has 0 saturated heterocycles. The zero-order chi connectivity index (χ0) is 22.3. The van der Waals surface area contributed by atoms with Crippen LogP contribution < -0.4 is 35.3 Å². The number of nitrogens with two attached hydrogens (primary N) is 1. The average Bonchev–Trinajstić information content (AvgIpc) is 3.11. The van der Waals surface area contributed by atoms with Crippen molar-refractivity contribution in [2.45, 2.75) is 12.6 Å². The van der Waals surface area contributed by atoms with Gasteiger partial charge in [0.05, 0.1) is 22.4 Å². The van der Waals surface area contributed by atoms with Crippen LogP contribution in [-0.4, -0.2) is 31.6 Å². The van der Waals surface area contributed by atoms with Crippen molar-refractivity contribution in [3.63, 3.8) is 0 Å². The molecule has 0 unspecified atom stereocenters. The van der Waals surface area contributed by atoms with Gasteiger partial charge in [0.2, 0.25) is 0 Å². The van der Waals surface area contributed by atoms with E-state index in [1.54, 1.807) is 7.05 Å². The summed E-state index contributed by atoms with van der Waals surface area (Å²) in [4.78, 5) is 9.92. The average molecular weight is 434 g/mol. The molecule has 0 fully saturated rings. The summed E-state index contributed by atoms with van der Waals surface area (Å²) >= 11 is 0. The molecule has 30 heavy (non-hydrogen) atoms. The van der Waals surface area contributed by atoms with Crippen molar-refractivity contribution in [1.82, 2.24) is 0 Å². The van der Waals surface area contributed by atoms with Crippen LogP contribution in [0.5, 0.6) is 23.0 Å². The first-order valence-electron chi connectivity index (χ1n) is 8.08. The first-order chi connectivity index (χ1) is 13.9. The summed E-state index contributed by atoms with van der Waals surface area (Å²) in [5, 5.41) is 15.9. The maximum atomic E-state index is 12.7. The lowest BCUT2D eigenvalue weighted by Crippen LogP contribution is -2.25. The van der Waals surface area contributed by atoms with E-state index in [1.165, 1.54) is 19.2 Å². The number of hydrogen-bond donors (Lipinski definition) is 3. The highest BCUT2D eigenvalue weighted by atomic mass is 19.3. The quantitative estimate of drug-likeness (QED) is 0.287. The number of nitro groups is 1. The van der Waals surface area contributed by atoms with E-state index in [1.807, 2.05) is 0 Å². The summed E-state index contributed by atoms with van der Waals surface area (Å²) in [5.41, 5.74) is 6.11.